The van der Waals surface area contributed by atoms with Crippen LogP contribution < -0.4 is 0 Å². The van der Waals surface area contributed by atoms with Gasteiger partial charge in [0.05, 0.1) is 6.04 Å². The zero-order valence-electron chi connectivity index (χ0n) is 9.27. The van der Waals surface area contributed by atoms with E-state index >= 15 is 0 Å². The summed E-state index contributed by atoms with van der Waals surface area (Å²) in [5, 5.41) is 0. The topological polar surface area (TPSA) is 33.2 Å². The van der Waals surface area contributed by atoms with E-state index in [-0.39, 0.29) is 11.9 Å². The van der Waals surface area contributed by atoms with Crippen molar-refractivity contribution >= 4 is 21.8 Å². The summed E-state index contributed by atoms with van der Waals surface area (Å²) >= 11 is 3.51. The Morgan fingerprint density at radius 2 is 2.50 bits per heavy atom. The molecule has 0 N–H and O–H groups in total. The average molecular weight is 283 g/mol. The van der Waals surface area contributed by atoms with Crippen LogP contribution in [-0.2, 0) is 4.79 Å². The lowest BCUT2D eigenvalue weighted by Crippen LogP contribution is -2.30. The van der Waals surface area contributed by atoms with Gasteiger partial charge in [-0.2, -0.15) is 0 Å². The molecule has 3 nitrogen and oxygen atoms in total. The molecule has 86 valence electrons. The number of carbonyl (C=O) groups excluding carboxylic acids is 1. The van der Waals surface area contributed by atoms with Gasteiger partial charge >= 0.3 is 0 Å². The summed E-state index contributed by atoms with van der Waals surface area (Å²) in [5.41, 5.74) is 1.12. The number of hydrogen-bond acceptors (Lipinski definition) is 2. The molecule has 0 radical (unpaired) electrons. The Hall–Kier alpha value is -0.900. The minimum atomic E-state index is 0.170. The van der Waals surface area contributed by atoms with E-state index in [9.17, 15) is 4.79 Å². The van der Waals surface area contributed by atoms with Crippen molar-refractivity contribution in [1.29, 1.82) is 0 Å². The molecule has 1 aliphatic heterocycles. The second-order valence-corrected chi connectivity index (χ2v) is 5.35. The number of nitrogens with zero attached hydrogens (tertiary/aromatic N) is 2. The average Bonchev–Trinajstić information content (AvgIpc) is 2.61. The zero-order chi connectivity index (χ0) is 11.5. The largest absolute Gasteiger partial charge is 0.334 e. The second-order valence-electron chi connectivity index (χ2n) is 4.06. The van der Waals surface area contributed by atoms with E-state index in [0.717, 1.165) is 18.5 Å². The Balaban J connectivity index is 2.20. The summed E-state index contributed by atoms with van der Waals surface area (Å²) in [6.45, 7) is 2.90. The number of alkyl halides is 1. The molecule has 1 amide bonds. The summed E-state index contributed by atoms with van der Waals surface area (Å²) < 4.78 is 0. The lowest BCUT2D eigenvalue weighted by molar-refractivity contribution is -0.129. The molecule has 0 spiro atoms. The van der Waals surface area contributed by atoms with Gasteiger partial charge in [0.1, 0.15) is 0 Å². The second kappa shape index (κ2) is 4.95. The van der Waals surface area contributed by atoms with Gasteiger partial charge in [0, 0.05) is 30.2 Å². The minimum Gasteiger partial charge on any atom is -0.334 e. The van der Waals surface area contributed by atoms with Crippen molar-refractivity contribution < 1.29 is 4.79 Å². The number of carbonyl (C=O) groups is 1. The van der Waals surface area contributed by atoms with E-state index in [2.05, 4.69) is 27.8 Å². The van der Waals surface area contributed by atoms with Gasteiger partial charge in [-0.3, -0.25) is 9.78 Å². The molecule has 2 heterocycles. The first-order valence-corrected chi connectivity index (χ1v) is 6.47. The molecule has 1 fully saturated rings. The molecule has 1 aromatic heterocycles. The lowest BCUT2D eigenvalue weighted by Gasteiger charge is -2.27. The van der Waals surface area contributed by atoms with E-state index in [1.807, 2.05) is 23.2 Å². The van der Waals surface area contributed by atoms with E-state index in [1.54, 1.807) is 6.20 Å². The Kier molecular flexibility index (Phi) is 3.59. The van der Waals surface area contributed by atoms with Gasteiger partial charge in [-0.15, -0.1) is 0 Å². The SMILES string of the molecule is CCC(c1cccnc1)N1CC(Br)CC1=O. The molecule has 2 unspecified atom stereocenters. The summed E-state index contributed by atoms with van der Waals surface area (Å²) in [6, 6.07) is 4.13. The first-order chi connectivity index (χ1) is 7.72. The highest BCUT2D eigenvalue weighted by molar-refractivity contribution is 9.09. The van der Waals surface area contributed by atoms with Gasteiger partial charge in [-0.05, 0) is 18.1 Å². The number of hydrogen-bond donors (Lipinski definition) is 0. The number of amides is 1. The van der Waals surface area contributed by atoms with E-state index in [4.69, 9.17) is 0 Å². The molecule has 0 aliphatic carbocycles. The minimum absolute atomic E-state index is 0.170. The van der Waals surface area contributed by atoms with Gasteiger partial charge in [-0.1, -0.05) is 28.9 Å². The fraction of sp³-hybridized carbons (Fsp3) is 0.500. The molecule has 2 rings (SSSR count). The van der Waals surface area contributed by atoms with Crippen molar-refractivity contribution in [1.82, 2.24) is 9.88 Å². The number of rotatable bonds is 3. The molecule has 0 aromatic carbocycles. The fourth-order valence-electron chi connectivity index (χ4n) is 2.20. The van der Waals surface area contributed by atoms with Crippen LogP contribution in [0.25, 0.3) is 0 Å². The van der Waals surface area contributed by atoms with Gasteiger partial charge in [0.25, 0.3) is 0 Å². The zero-order valence-corrected chi connectivity index (χ0v) is 10.9. The molecule has 0 saturated carbocycles. The highest BCUT2D eigenvalue weighted by Crippen LogP contribution is 2.30. The number of aromatic nitrogens is 1. The third kappa shape index (κ3) is 2.26. The Morgan fingerprint density at radius 3 is 3.00 bits per heavy atom. The molecule has 1 aliphatic rings. The van der Waals surface area contributed by atoms with Crippen LogP contribution in [-0.4, -0.2) is 27.2 Å². The highest BCUT2D eigenvalue weighted by Gasteiger charge is 2.32. The maximum Gasteiger partial charge on any atom is 0.224 e. The van der Waals surface area contributed by atoms with Crippen LogP contribution in [0.15, 0.2) is 24.5 Å². The summed E-state index contributed by atoms with van der Waals surface area (Å²) in [6.07, 6.45) is 5.15. The van der Waals surface area contributed by atoms with Crippen LogP contribution in [0.5, 0.6) is 0 Å². The smallest absolute Gasteiger partial charge is 0.224 e. The van der Waals surface area contributed by atoms with Crippen LogP contribution in [0.3, 0.4) is 0 Å². The molecule has 4 heteroatoms. The highest BCUT2D eigenvalue weighted by atomic mass is 79.9. The molecule has 0 bridgehead atoms. The van der Waals surface area contributed by atoms with Crippen LogP contribution >= 0.6 is 15.9 Å². The van der Waals surface area contributed by atoms with Crippen LogP contribution in [0.4, 0.5) is 0 Å². The molecule has 1 saturated heterocycles. The molecular weight excluding hydrogens is 268 g/mol. The van der Waals surface area contributed by atoms with Crippen molar-refractivity contribution in [2.24, 2.45) is 0 Å². The first-order valence-electron chi connectivity index (χ1n) is 5.55. The molecular formula is C12H15BrN2O. The van der Waals surface area contributed by atoms with Crippen molar-refractivity contribution in [2.45, 2.75) is 30.6 Å². The summed E-state index contributed by atoms with van der Waals surface area (Å²) in [4.78, 5) is 18.2. The van der Waals surface area contributed by atoms with Crippen LogP contribution in [0.2, 0.25) is 0 Å². The third-order valence-electron chi connectivity index (χ3n) is 2.94. The Morgan fingerprint density at radius 1 is 1.69 bits per heavy atom. The third-order valence-corrected chi connectivity index (χ3v) is 3.56. The van der Waals surface area contributed by atoms with Gasteiger partial charge in [-0.25, -0.2) is 0 Å². The molecule has 16 heavy (non-hydrogen) atoms. The van der Waals surface area contributed by atoms with E-state index in [0.29, 0.717) is 11.2 Å². The number of pyridine rings is 1. The van der Waals surface area contributed by atoms with E-state index < -0.39 is 0 Å². The van der Waals surface area contributed by atoms with Crippen molar-refractivity contribution in [3.63, 3.8) is 0 Å². The predicted molar refractivity (Wildman–Crippen MR) is 66.3 cm³/mol. The van der Waals surface area contributed by atoms with Crippen LogP contribution in [0, 0.1) is 0 Å². The first kappa shape index (κ1) is 11.6. The van der Waals surface area contributed by atoms with Crippen LogP contribution in [0.1, 0.15) is 31.4 Å². The Labute approximate surface area is 104 Å². The van der Waals surface area contributed by atoms with Gasteiger partial charge < -0.3 is 4.90 Å². The number of likely N-dealkylation sites (tertiary alicyclic amines) is 1. The number of halogens is 1. The maximum atomic E-state index is 11.8. The summed E-state index contributed by atoms with van der Waals surface area (Å²) in [7, 11) is 0. The summed E-state index contributed by atoms with van der Waals surface area (Å²) in [5.74, 6) is 0.234. The predicted octanol–water partition coefficient (Wildman–Crippen LogP) is 2.53. The quantitative estimate of drug-likeness (QED) is 0.799. The van der Waals surface area contributed by atoms with Crippen molar-refractivity contribution in [3.8, 4) is 0 Å². The lowest BCUT2D eigenvalue weighted by atomic mass is 10.1. The van der Waals surface area contributed by atoms with E-state index in [1.165, 1.54) is 0 Å². The van der Waals surface area contributed by atoms with Crippen molar-refractivity contribution in [2.75, 3.05) is 6.54 Å². The normalized spacial score (nSPS) is 22.5. The molecule has 2 atom stereocenters. The fourth-order valence-corrected chi connectivity index (χ4v) is 2.79. The maximum absolute atomic E-state index is 11.8. The Bertz CT molecular complexity index is 369. The van der Waals surface area contributed by atoms with Gasteiger partial charge in [0.2, 0.25) is 5.91 Å². The molecule has 1 aromatic rings. The standard InChI is InChI=1S/C12H15BrN2O/c1-2-11(9-4-3-5-14-7-9)15-8-10(13)6-12(15)16/h3-5,7,10-11H,2,6,8H2,1H3. The monoisotopic (exact) mass is 282 g/mol. The van der Waals surface area contributed by atoms with Crippen molar-refractivity contribution in [3.05, 3.63) is 30.1 Å². The van der Waals surface area contributed by atoms with Gasteiger partial charge in [0.15, 0.2) is 0 Å².